The minimum atomic E-state index is 0.147. The average Bonchev–Trinajstić information content (AvgIpc) is 2.79. The fourth-order valence-corrected chi connectivity index (χ4v) is 3.11. The molecule has 0 bridgehead atoms. The number of benzene rings is 1. The summed E-state index contributed by atoms with van der Waals surface area (Å²) in [6.45, 7) is 9.54. The van der Waals surface area contributed by atoms with Gasteiger partial charge in [0.2, 0.25) is 0 Å². The first kappa shape index (κ1) is 15.6. The quantitative estimate of drug-likeness (QED) is 0.894. The van der Waals surface area contributed by atoms with Gasteiger partial charge in [-0.3, -0.25) is 0 Å². The number of rotatable bonds is 4. The highest BCUT2D eigenvalue weighted by atomic mass is 79.9. The highest BCUT2D eigenvalue weighted by Gasteiger charge is 2.11. The molecule has 0 aliphatic heterocycles. The van der Waals surface area contributed by atoms with Crippen molar-refractivity contribution in [2.75, 3.05) is 6.54 Å². The van der Waals surface area contributed by atoms with Gasteiger partial charge in [-0.15, -0.1) is 10.2 Å². The van der Waals surface area contributed by atoms with Gasteiger partial charge in [-0.05, 0) is 45.4 Å². The van der Waals surface area contributed by atoms with E-state index in [1.54, 1.807) is 11.3 Å². The molecule has 0 fully saturated rings. The smallest absolute Gasteiger partial charge is 0.148 e. The largest absolute Gasteiger partial charge is 0.312 e. The summed E-state index contributed by atoms with van der Waals surface area (Å²) < 4.78 is 1.07. The zero-order valence-corrected chi connectivity index (χ0v) is 14.7. The van der Waals surface area contributed by atoms with Crippen LogP contribution in [0, 0.1) is 6.92 Å². The van der Waals surface area contributed by atoms with Crippen LogP contribution < -0.4 is 5.32 Å². The lowest BCUT2D eigenvalue weighted by atomic mass is 10.1. The van der Waals surface area contributed by atoms with Crippen molar-refractivity contribution in [1.29, 1.82) is 0 Å². The van der Waals surface area contributed by atoms with Gasteiger partial charge >= 0.3 is 0 Å². The number of aryl methyl sites for hydroxylation is 1. The molecule has 2 rings (SSSR count). The molecule has 108 valence electrons. The second-order valence-electron chi connectivity index (χ2n) is 5.89. The third-order valence-electron chi connectivity index (χ3n) is 2.89. The predicted octanol–water partition coefficient (Wildman–Crippen LogP) is 4.21. The Hall–Kier alpha value is -0.780. The van der Waals surface area contributed by atoms with Crippen LogP contribution in [-0.4, -0.2) is 22.3 Å². The average molecular weight is 354 g/mol. The zero-order chi connectivity index (χ0) is 14.8. The first-order valence-electron chi connectivity index (χ1n) is 6.69. The van der Waals surface area contributed by atoms with E-state index in [9.17, 15) is 0 Å². The van der Waals surface area contributed by atoms with E-state index in [4.69, 9.17) is 0 Å². The Balaban J connectivity index is 2.07. The highest BCUT2D eigenvalue weighted by molar-refractivity contribution is 9.10. The molecule has 0 aliphatic carbocycles. The summed E-state index contributed by atoms with van der Waals surface area (Å²) in [4.78, 5) is 0. The standard InChI is InChI=1S/C15H20BrN3S/c1-10-5-6-11(16)9-12(10)14-19-18-13(20-14)7-8-17-15(2,3)4/h5-6,9,17H,7-8H2,1-4H3. The molecule has 0 saturated heterocycles. The Morgan fingerprint density at radius 3 is 2.70 bits per heavy atom. The van der Waals surface area contributed by atoms with Gasteiger partial charge in [0.15, 0.2) is 0 Å². The molecule has 1 aromatic carbocycles. The van der Waals surface area contributed by atoms with E-state index in [1.807, 2.05) is 6.07 Å². The van der Waals surface area contributed by atoms with E-state index in [-0.39, 0.29) is 5.54 Å². The maximum Gasteiger partial charge on any atom is 0.148 e. The second-order valence-corrected chi connectivity index (χ2v) is 7.86. The second kappa shape index (κ2) is 6.33. The summed E-state index contributed by atoms with van der Waals surface area (Å²) in [5.74, 6) is 0. The number of nitrogens with one attached hydrogen (secondary N) is 1. The Kier molecular flexibility index (Phi) is 4.94. The van der Waals surface area contributed by atoms with Crippen molar-refractivity contribution >= 4 is 27.3 Å². The van der Waals surface area contributed by atoms with Crippen LogP contribution in [0.25, 0.3) is 10.6 Å². The van der Waals surface area contributed by atoms with E-state index < -0.39 is 0 Å². The molecule has 0 aliphatic rings. The number of halogens is 1. The van der Waals surface area contributed by atoms with Gasteiger partial charge < -0.3 is 5.32 Å². The van der Waals surface area contributed by atoms with E-state index in [0.717, 1.165) is 33.0 Å². The number of nitrogens with zero attached hydrogens (tertiary/aromatic N) is 2. The van der Waals surface area contributed by atoms with Gasteiger partial charge in [0.05, 0.1) is 0 Å². The molecular weight excluding hydrogens is 334 g/mol. The van der Waals surface area contributed by atoms with Crippen molar-refractivity contribution in [1.82, 2.24) is 15.5 Å². The minimum absolute atomic E-state index is 0.147. The van der Waals surface area contributed by atoms with Gasteiger partial charge in [-0.25, -0.2) is 0 Å². The summed E-state index contributed by atoms with van der Waals surface area (Å²) in [5, 5.41) is 14.2. The highest BCUT2D eigenvalue weighted by Crippen LogP contribution is 2.29. The first-order valence-corrected chi connectivity index (χ1v) is 8.30. The fraction of sp³-hybridized carbons (Fsp3) is 0.467. The van der Waals surface area contributed by atoms with Crippen LogP contribution in [0.1, 0.15) is 31.3 Å². The molecule has 3 nitrogen and oxygen atoms in total. The summed E-state index contributed by atoms with van der Waals surface area (Å²) in [5.41, 5.74) is 2.53. The molecule has 1 aromatic heterocycles. The van der Waals surface area contributed by atoms with E-state index in [0.29, 0.717) is 0 Å². The van der Waals surface area contributed by atoms with Crippen LogP contribution in [0.2, 0.25) is 0 Å². The molecule has 5 heteroatoms. The van der Waals surface area contributed by atoms with Crippen molar-refractivity contribution in [2.24, 2.45) is 0 Å². The normalized spacial score (nSPS) is 11.8. The van der Waals surface area contributed by atoms with Crippen LogP contribution in [-0.2, 0) is 6.42 Å². The Bertz CT molecular complexity index is 587. The van der Waals surface area contributed by atoms with Crippen molar-refractivity contribution in [3.05, 3.63) is 33.2 Å². The minimum Gasteiger partial charge on any atom is -0.312 e. The topological polar surface area (TPSA) is 37.8 Å². The maximum absolute atomic E-state index is 4.32. The number of hydrogen-bond acceptors (Lipinski definition) is 4. The van der Waals surface area contributed by atoms with Gasteiger partial charge in [0.1, 0.15) is 10.0 Å². The van der Waals surface area contributed by atoms with E-state index >= 15 is 0 Å². The molecule has 0 unspecified atom stereocenters. The van der Waals surface area contributed by atoms with Crippen LogP contribution in [0.3, 0.4) is 0 Å². The Labute approximate surface area is 133 Å². The SMILES string of the molecule is Cc1ccc(Br)cc1-c1nnc(CCNC(C)(C)C)s1. The molecule has 20 heavy (non-hydrogen) atoms. The first-order chi connectivity index (χ1) is 9.35. The molecule has 1 heterocycles. The van der Waals surface area contributed by atoms with E-state index in [2.05, 4.69) is 71.3 Å². The van der Waals surface area contributed by atoms with Crippen molar-refractivity contribution in [3.8, 4) is 10.6 Å². The fourth-order valence-electron chi connectivity index (χ4n) is 1.83. The zero-order valence-electron chi connectivity index (χ0n) is 12.3. The van der Waals surface area contributed by atoms with Crippen LogP contribution in [0.4, 0.5) is 0 Å². The predicted molar refractivity (Wildman–Crippen MR) is 89.2 cm³/mol. The molecule has 0 saturated carbocycles. The van der Waals surface area contributed by atoms with Crippen molar-refractivity contribution in [2.45, 2.75) is 39.7 Å². The van der Waals surface area contributed by atoms with E-state index in [1.165, 1.54) is 5.56 Å². The van der Waals surface area contributed by atoms with Gasteiger partial charge in [0, 0.05) is 28.5 Å². The third-order valence-corrected chi connectivity index (χ3v) is 4.40. The van der Waals surface area contributed by atoms with Crippen molar-refractivity contribution < 1.29 is 0 Å². The monoisotopic (exact) mass is 353 g/mol. The van der Waals surface area contributed by atoms with Crippen LogP contribution in [0.15, 0.2) is 22.7 Å². The number of aromatic nitrogens is 2. The molecule has 0 atom stereocenters. The number of hydrogen-bond donors (Lipinski definition) is 1. The molecule has 1 N–H and O–H groups in total. The van der Waals surface area contributed by atoms with Gasteiger partial charge in [-0.2, -0.15) is 0 Å². The summed E-state index contributed by atoms with van der Waals surface area (Å²) in [6, 6.07) is 6.25. The maximum atomic E-state index is 4.32. The summed E-state index contributed by atoms with van der Waals surface area (Å²) in [7, 11) is 0. The van der Waals surface area contributed by atoms with Crippen LogP contribution >= 0.6 is 27.3 Å². The molecular formula is C15H20BrN3S. The Morgan fingerprint density at radius 2 is 2.00 bits per heavy atom. The molecule has 2 aromatic rings. The molecule has 0 spiro atoms. The summed E-state index contributed by atoms with van der Waals surface area (Å²) >= 11 is 5.19. The molecule has 0 amide bonds. The lowest BCUT2D eigenvalue weighted by Gasteiger charge is -2.19. The van der Waals surface area contributed by atoms with Gasteiger partial charge in [-0.1, -0.05) is 33.3 Å². The third kappa shape index (κ3) is 4.36. The summed E-state index contributed by atoms with van der Waals surface area (Å²) in [6.07, 6.45) is 0.919. The van der Waals surface area contributed by atoms with Crippen LogP contribution in [0.5, 0.6) is 0 Å². The van der Waals surface area contributed by atoms with Crippen molar-refractivity contribution in [3.63, 3.8) is 0 Å². The molecule has 0 radical (unpaired) electrons. The lowest BCUT2D eigenvalue weighted by Crippen LogP contribution is -2.37. The van der Waals surface area contributed by atoms with Gasteiger partial charge in [0.25, 0.3) is 0 Å². The Morgan fingerprint density at radius 1 is 1.25 bits per heavy atom. The lowest BCUT2D eigenvalue weighted by molar-refractivity contribution is 0.429.